The summed E-state index contributed by atoms with van der Waals surface area (Å²) in [6, 6.07) is 0. The Labute approximate surface area is 81.6 Å². The van der Waals surface area contributed by atoms with Gasteiger partial charge in [0.15, 0.2) is 0 Å². The zero-order valence-corrected chi connectivity index (χ0v) is 8.48. The monoisotopic (exact) mass is 247 g/mol. The number of nitrogens with zero attached hydrogens (tertiary/aromatic N) is 1. The lowest BCUT2D eigenvalue weighted by Gasteiger charge is -2.05. The van der Waals surface area contributed by atoms with Crippen LogP contribution in [0.15, 0.2) is 9.30 Å². The number of thiazole rings is 1. The molecule has 5 heteroatoms. The molecule has 3 nitrogen and oxygen atoms in total. The van der Waals surface area contributed by atoms with Crippen LogP contribution in [0.25, 0.3) is 0 Å². The van der Waals surface area contributed by atoms with Gasteiger partial charge in [0.25, 0.3) is 0 Å². The summed E-state index contributed by atoms with van der Waals surface area (Å²) < 4.78 is 0.849. The van der Waals surface area contributed by atoms with Crippen LogP contribution < -0.4 is 0 Å². The fraction of sp³-hybridized carbons (Fsp3) is 0.429. The molecule has 0 aliphatic heterocycles. The summed E-state index contributed by atoms with van der Waals surface area (Å²) in [5.41, 5.74) is 1.70. The minimum absolute atomic E-state index is 0.668. The Hall–Kier alpha value is -0.420. The molecular formula is C7H6BrNO2S. The van der Waals surface area contributed by atoms with Crippen LogP contribution in [0.1, 0.15) is 18.5 Å². The normalized spacial score (nSPS) is 19.1. The molecule has 1 aromatic rings. The predicted octanol–water partition coefficient (Wildman–Crippen LogP) is 2.02. The number of aromatic nitrogens is 1. The van der Waals surface area contributed by atoms with Crippen LogP contribution in [0, 0.1) is 0 Å². The molecule has 1 fully saturated rings. The largest absolute Gasteiger partial charge is 0.481 e. The lowest BCUT2D eigenvalue weighted by molar-refractivity contribution is -0.140. The van der Waals surface area contributed by atoms with Gasteiger partial charge in [0.2, 0.25) is 0 Å². The summed E-state index contributed by atoms with van der Waals surface area (Å²) in [6.45, 7) is 0. The van der Waals surface area contributed by atoms with Crippen molar-refractivity contribution in [3.8, 4) is 0 Å². The zero-order valence-electron chi connectivity index (χ0n) is 6.08. The minimum atomic E-state index is -0.755. The van der Waals surface area contributed by atoms with Crippen molar-refractivity contribution < 1.29 is 9.90 Å². The van der Waals surface area contributed by atoms with Gasteiger partial charge in [0.05, 0.1) is 15.0 Å². The van der Waals surface area contributed by atoms with E-state index < -0.39 is 11.4 Å². The van der Waals surface area contributed by atoms with Crippen molar-refractivity contribution in [3.05, 3.63) is 15.0 Å². The Balaban J connectivity index is 2.43. The highest BCUT2D eigenvalue weighted by Crippen LogP contribution is 2.50. The first kappa shape index (κ1) is 8.19. The second-order valence-electron chi connectivity index (χ2n) is 2.86. The average Bonchev–Trinajstić information content (AvgIpc) is 2.71. The topological polar surface area (TPSA) is 50.2 Å². The molecule has 2 rings (SSSR count). The molecule has 1 aliphatic rings. The Bertz CT molecular complexity index is 332. The lowest BCUT2D eigenvalue weighted by Crippen LogP contribution is -2.20. The maximum atomic E-state index is 10.9. The van der Waals surface area contributed by atoms with Gasteiger partial charge in [0, 0.05) is 0 Å². The lowest BCUT2D eigenvalue weighted by atomic mass is 10.1. The van der Waals surface area contributed by atoms with Crippen LogP contribution in [-0.2, 0) is 10.2 Å². The molecule has 0 atom stereocenters. The maximum Gasteiger partial charge on any atom is 0.315 e. The van der Waals surface area contributed by atoms with Gasteiger partial charge in [-0.2, -0.15) is 0 Å². The van der Waals surface area contributed by atoms with Gasteiger partial charge >= 0.3 is 5.97 Å². The SMILES string of the molecule is O=C(O)C1(c2ncsc2Br)CC1. The van der Waals surface area contributed by atoms with Crippen LogP contribution in [0.4, 0.5) is 0 Å². The van der Waals surface area contributed by atoms with Gasteiger partial charge in [-0.25, -0.2) is 4.98 Å². The number of carboxylic acid groups (broad SMARTS) is 1. The quantitative estimate of drug-likeness (QED) is 0.871. The highest BCUT2D eigenvalue weighted by atomic mass is 79.9. The van der Waals surface area contributed by atoms with Crippen LogP contribution in [0.5, 0.6) is 0 Å². The smallest absolute Gasteiger partial charge is 0.315 e. The van der Waals surface area contributed by atoms with E-state index >= 15 is 0 Å². The second-order valence-corrected chi connectivity index (χ2v) is 5.03. The minimum Gasteiger partial charge on any atom is -0.481 e. The predicted molar refractivity (Wildman–Crippen MR) is 48.4 cm³/mol. The second kappa shape index (κ2) is 2.53. The summed E-state index contributed by atoms with van der Waals surface area (Å²) >= 11 is 4.73. The molecule has 0 saturated heterocycles. The van der Waals surface area contributed by atoms with E-state index in [2.05, 4.69) is 20.9 Å². The summed E-state index contributed by atoms with van der Waals surface area (Å²) in [6.07, 6.45) is 1.43. The van der Waals surface area contributed by atoms with E-state index in [1.54, 1.807) is 5.51 Å². The first-order chi connectivity index (χ1) is 5.67. The van der Waals surface area contributed by atoms with E-state index in [1.807, 2.05) is 0 Å². The van der Waals surface area contributed by atoms with Crippen molar-refractivity contribution in [3.63, 3.8) is 0 Å². The fourth-order valence-electron chi connectivity index (χ4n) is 1.22. The molecule has 1 heterocycles. The van der Waals surface area contributed by atoms with Crippen molar-refractivity contribution in [2.24, 2.45) is 0 Å². The molecule has 12 heavy (non-hydrogen) atoms. The Morgan fingerprint density at radius 1 is 1.75 bits per heavy atom. The van der Waals surface area contributed by atoms with E-state index in [-0.39, 0.29) is 0 Å². The van der Waals surface area contributed by atoms with Crippen molar-refractivity contribution >= 4 is 33.2 Å². The highest BCUT2D eigenvalue weighted by Gasteiger charge is 2.54. The number of halogens is 1. The van der Waals surface area contributed by atoms with Gasteiger partial charge < -0.3 is 5.11 Å². The first-order valence-electron chi connectivity index (χ1n) is 3.50. The molecule has 64 valence electrons. The third-order valence-corrected chi connectivity index (χ3v) is 3.68. The molecule has 0 bridgehead atoms. The average molecular weight is 248 g/mol. The van der Waals surface area contributed by atoms with Gasteiger partial charge in [-0.15, -0.1) is 11.3 Å². The van der Waals surface area contributed by atoms with Crippen molar-refractivity contribution in [1.29, 1.82) is 0 Å². The molecule has 0 spiro atoms. The van der Waals surface area contributed by atoms with E-state index in [4.69, 9.17) is 5.11 Å². The van der Waals surface area contributed by atoms with E-state index in [1.165, 1.54) is 11.3 Å². The number of hydrogen-bond donors (Lipinski definition) is 1. The molecule has 0 aromatic carbocycles. The third-order valence-electron chi connectivity index (χ3n) is 2.14. The highest BCUT2D eigenvalue weighted by molar-refractivity contribution is 9.11. The number of carboxylic acids is 1. The van der Waals surface area contributed by atoms with Crippen LogP contribution in [0.3, 0.4) is 0 Å². The molecular weight excluding hydrogens is 242 g/mol. The van der Waals surface area contributed by atoms with Gasteiger partial charge in [-0.3, -0.25) is 4.79 Å². The Morgan fingerprint density at radius 2 is 2.42 bits per heavy atom. The first-order valence-corrected chi connectivity index (χ1v) is 5.17. The summed E-state index contributed by atoms with van der Waals surface area (Å²) in [5.74, 6) is -0.755. The van der Waals surface area contributed by atoms with Crippen LogP contribution >= 0.6 is 27.3 Å². The number of carbonyl (C=O) groups is 1. The molecule has 0 radical (unpaired) electrons. The van der Waals surface area contributed by atoms with E-state index in [0.29, 0.717) is 18.5 Å². The molecule has 1 saturated carbocycles. The van der Waals surface area contributed by atoms with Crippen LogP contribution in [0.2, 0.25) is 0 Å². The molecule has 1 aromatic heterocycles. The standard InChI is InChI=1S/C7H6BrNO2S/c8-5-4(9-3-12-5)7(1-2-7)6(10)11/h3H,1-2H2,(H,10,11). The molecule has 0 unspecified atom stereocenters. The summed E-state index contributed by atoms with van der Waals surface area (Å²) in [5, 5.41) is 8.94. The van der Waals surface area contributed by atoms with Crippen LogP contribution in [-0.4, -0.2) is 16.1 Å². The van der Waals surface area contributed by atoms with E-state index in [0.717, 1.165) is 3.79 Å². The number of hydrogen-bond acceptors (Lipinski definition) is 3. The number of aliphatic carboxylic acids is 1. The van der Waals surface area contributed by atoms with Crippen molar-refractivity contribution in [2.45, 2.75) is 18.3 Å². The van der Waals surface area contributed by atoms with Crippen molar-refractivity contribution in [2.75, 3.05) is 0 Å². The molecule has 1 N–H and O–H groups in total. The maximum absolute atomic E-state index is 10.9. The molecule has 1 aliphatic carbocycles. The van der Waals surface area contributed by atoms with E-state index in [9.17, 15) is 4.79 Å². The Kier molecular flexibility index (Phi) is 1.73. The van der Waals surface area contributed by atoms with Gasteiger partial charge in [0.1, 0.15) is 5.41 Å². The fourth-order valence-corrected chi connectivity index (χ4v) is 2.56. The van der Waals surface area contributed by atoms with Gasteiger partial charge in [-0.1, -0.05) is 0 Å². The summed E-state index contributed by atoms with van der Waals surface area (Å²) in [7, 11) is 0. The number of rotatable bonds is 2. The summed E-state index contributed by atoms with van der Waals surface area (Å²) in [4.78, 5) is 14.9. The Morgan fingerprint density at radius 3 is 2.75 bits per heavy atom. The van der Waals surface area contributed by atoms with Gasteiger partial charge in [-0.05, 0) is 28.8 Å². The third kappa shape index (κ3) is 0.998. The molecule has 0 amide bonds. The zero-order chi connectivity index (χ0) is 8.77. The van der Waals surface area contributed by atoms with Crippen molar-refractivity contribution in [1.82, 2.24) is 4.98 Å².